The first-order valence-corrected chi connectivity index (χ1v) is 11.3. The average Bonchev–Trinajstić information content (AvgIpc) is 3.32. The van der Waals surface area contributed by atoms with E-state index in [4.69, 9.17) is 6.42 Å². The molecule has 0 aliphatic carbocycles. The van der Waals surface area contributed by atoms with E-state index in [0.717, 1.165) is 35.4 Å². The maximum Gasteiger partial charge on any atom is 0.573 e. The van der Waals surface area contributed by atoms with Gasteiger partial charge in [0.1, 0.15) is 5.75 Å². The minimum absolute atomic E-state index is 0.116. The van der Waals surface area contributed by atoms with Gasteiger partial charge in [-0.1, -0.05) is 30.2 Å². The Balaban J connectivity index is 1.34. The normalized spacial score (nSPS) is 18.2. The van der Waals surface area contributed by atoms with Crippen molar-refractivity contribution < 1.29 is 22.7 Å². The van der Waals surface area contributed by atoms with Crippen LogP contribution in [0, 0.1) is 12.3 Å². The molecule has 9 heteroatoms. The molecule has 2 aromatic carbocycles. The predicted molar refractivity (Wildman–Crippen MR) is 124 cm³/mol. The van der Waals surface area contributed by atoms with Crippen LogP contribution in [0.5, 0.6) is 5.75 Å². The summed E-state index contributed by atoms with van der Waals surface area (Å²) in [5.74, 6) is 2.85. The quantitative estimate of drug-likeness (QED) is 0.612. The van der Waals surface area contributed by atoms with Gasteiger partial charge in [-0.2, -0.15) is 0 Å². The van der Waals surface area contributed by atoms with Crippen molar-refractivity contribution in [2.24, 2.45) is 4.99 Å². The molecular weight excluding hydrogens is 457 g/mol. The maximum atomic E-state index is 13.6. The van der Waals surface area contributed by atoms with Crippen molar-refractivity contribution in [2.45, 2.75) is 25.9 Å². The Kier molecular flexibility index (Phi) is 5.99. The van der Waals surface area contributed by atoms with Gasteiger partial charge in [0, 0.05) is 43.9 Å². The van der Waals surface area contributed by atoms with E-state index in [9.17, 15) is 18.0 Å². The van der Waals surface area contributed by atoms with Gasteiger partial charge in [-0.25, -0.2) is 0 Å². The third kappa shape index (κ3) is 4.88. The van der Waals surface area contributed by atoms with Crippen molar-refractivity contribution in [1.82, 2.24) is 14.7 Å². The molecule has 0 atom stereocenters. The molecule has 0 saturated heterocycles. The lowest BCUT2D eigenvalue weighted by atomic mass is 9.99. The number of hydrogen-bond acceptors (Lipinski definition) is 5. The number of ether oxygens (including phenoxy) is 1. The molecule has 2 aromatic rings. The van der Waals surface area contributed by atoms with Crippen LogP contribution in [0.15, 0.2) is 64.8 Å². The second-order valence-electron chi connectivity index (χ2n) is 8.65. The Hall–Kier alpha value is -3.77. The van der Waals surface area contributed by atoms with E-state index in [1.807, 2.05) is 24.3 Å². The van der Waals surface area contributed by atoms with Crippen LogP contribution in [-0.4, -0.2) is 59.1 Å². The number of benzene rings is 2. The summed E-state index contributed by atoms with van der Waals surface area (Å²) < 4.78 is 41.3. The van der Waals surface area contributed by atoms with Gasteiger partial charge in [-0.3, -0.25) is 19.6 Å². The molecule has 180 valence electrons. The molecule has 0 aromatic heterocycles. The summed E-state index contributed by atoms with van der Waals surface area (Å²) in [6, 6.07) is 13.4. The van der Waals surface area contributed by atoms with Crippen LogP contribution in [0.3, 0.4) is 0 Å². The molecule has 35 heavy (non-hydrogen) atoms. The molecule has 0 radical (unpaired) electrons. The number of aliphatic imine (C=N–C) groups is 1. The van der Waals surface area contributed by atoms with Gasteiger partial charge in [0.2, 0.25) is 5.96 Å². The van der Waals surface area contributed by atoms with Crippen molar-refractivity contribution in [1.29, 1.82) is 0 Å². The fourth-order valence-electron chi connectivity index (χ4n) is 4.75. The van der Waals surface area contributed by atoms with E-state index in [-0.39, 0.29) is 18.2 Å². The maximum absolute atomic E-state index is 13.6. The smallest absolute Gasteiger partial charge is 0.406 e. The van der Waals surface area contributed by atoms with Crippen LogP contribution in [0.1, 0.15) is 23.1 Å². The van der Waals surface area contributed by atoms with Crippen LogP contribution in [0.25, 0.3) is 0 Å². The highest BCUT2D eigenvalue weighted by atomic mass is 19.4. The van der Waals surface area contributed by atoms with E-state index >= 15 is 0 Å². The Morgan fingerprint density at radius 1 is 1.06 bits per heavy atom. The van der Waals surface area contributed by atoms with Gasteiger partial charge in [0.05, 0.1) is 18.7 Å². The van der Waals surface area contributed by atoms with Crippen molar-refractivity contribution in [3.8, 4) is 18.1 Å². The van der Waals surface area contributed by atoms with Crippen LogP contribution in [0.4, 0.5) is 13.2 Å². The van der Waals surface area contributed by atoms with Crippen LogP contribution >= 0.6 is 0 Å². The summed E-state index contributed by atoms with van der Waals surface area (Å²) >= 11 is 0. The minimum Gasteiger partial charge on any atom is -0.406 e. The lowest BCUT2D eigenvalue weighted by Gasteiger charge is -2.42. The fraction of sp³-hybridized carbons (Fsp3) is 0.308. The highest BCUT2D eigenvalue weighted by Gasteiger charge is 2.41. The van der Waals surface area contributed by atoms with Crippen LogP contribution < -0.4 is 4.74 Å². The summed E-state index contributed by atoms with van der Waals surface area (Å²) in [6.45, 7) is 3.52. The minimum atomic E-state index is -4.75. The van der Waals surface area contributed by atoms with Crippen molar-refractivity contribution >= 4 is 11.9 Å². The highest BCUT2D eigenvalue weighted by molar-refractivity contribution is 6.09. The number of amides is 1. The number of guanidine groups is 1. The number of terminal acetylenes is 1. The van der Waals surface area contributed by atoms with Crippen LogP contribution in [0.2, 0.25) is 0 Å². The SMILES string of the molecule is C#Cc1cccc(CN2CCC3=C(C2)C(=O)N(Cc2ccc(OC(F)(F)F)cc2)C2=NCCN23)c1. The topological polar surface area (TPSA) is 48.4 Å². The zero-order valence-corrected chi connectivity index (χ0v) is 18.9. The third-order valence-electron chi connectivity index (χ3n) is 6.28. The van der Waals surface area contributed by atoms with Crippen molar-refractivity contribution in [3.63, 3.8) is 0 Å². The first kappa shape index (κ1) is 23.0. The number of alkyl halides is 3. The first-order valence-electron chi connectivity index (χ1n) is 11.3. The Labute approximate surface area is 201 Å². The molecule has 0 spiro atoms. The molecule has 0 saturated carbocycles. The third-order valence-corrected chi connectivity index (χ3v) is 6.28. The Morgan fingerprint density at radius 2 is 1.86 bits per heavy atom. The van der Waals surface area contributed by atoms with E-state index in [0.29, 0.717) is 37.7 Å². The Bertz CT molecular complexity index is 1240. The van der Waals surface area contributed by atoms with E-state index < -0.39 is 6.36 Å². The summed E-state index contributed by atoms with van der Waals surface area (Å²) in [4.78, 5) is 24.1. The Morgan fingerprint density at radius 3 is 2.60 bits per heavy atom. The molecule has 3 aliphatic heterocycles. The number of fused-ring (bicyclic) bond motifs is 2. The zero-order valence-electron chi connectivity index (χ0n) is 18.9. The number of hydrogen-bond donors (Lipinski definition) is 0. The van der Waals surface area contributed by atoms with Gasteiger partial charge in [-0.05, 0) is 35.4 Å². The largest absolute Gasteiger partial charge is 0.573 e. The molecule has 3 heterocycles. The number of rotatable bonds is 5. The summed E-state index contributed by atoms with van der Waals surface area (Å²) in [5, 5.41) is 0. The number of nitrogens with zero attached hydrogens (tertiary/aromatic N) is 4. The second-order valence-corrected chi connectivity index (χ2v) is 8.65. The van der Waals surface area contributed by atoms with Crippen LogP contribution in [-0.2, 0) is 17.9 Å². The molecule has 0 fully saturated rings. The van der Waals surface area contributed by atoms with Gasteiger partial charge >= 0.3 is 6.36 Å². The van der Waals surface area contributed by atoms with E-state index in [1.165, 1.54) is 24.3 Å². The summed E-state index contributed by atoms with van der Waals surface area (Å²) in [5.41, 5.74) is 4.36. The van der Waals surface area contributed by atoms with Crippen molar-refractivity contribution in [2.75, 3.05) is 26.2 Å². The lowest BCUT2D eigenvalue weighted by Crippen LogP contribution is -2.53. The number of halogens is 3. The van der Waals surface area contributed by atoms with E-state index in [2.05, 4.69) is 25.4 Å². The molecule has 3 aliphatic rings. The molecule has 0 unspecified atom stereocenters. The molecule has 0 N–H and O–H groups in total. The molecule has 6 nitrogen and oxygen atoms in total. The number of carbonyl (C=O) groups is 1. The molecule has 0 bridgehead atoms. The molecule has 5 rings (SSSR count). The zero-order chi connectivity index (χ0) is 24.6. The molecular formula is C26H23F3N4O2. The fourth-order valence-corrected chi connectivity index (χ4v) is 4.75. The average molecular weight is 480 g/mol. The van der Waals surface area contributed by atoms with Gasteiger partial charge in [0.15, 0.2) is 0 Å². The van der Waals surface area contributed by atoms with E-state index in [1.54, 1.807) is 4.90 Å². The summed E-state index contributed by atoms with van der Waals surface area (Å²) in [6.07, 6.45) is 1.52. The van der Waals surface area contributed by atoms with Crippen molar-refractivity contribution in [3.05, 3.63) is 76.5 Å². The van der Waals surface area contributed by atoms with Gasteiger partial charge in [0.25, 0.3) is 5.91 Å². The number of carbonyl (C=O) groups excluding carboxylic acids is 1. The summed E-state index contributed by atoms with van der Waals surface area (Å²) in [7, 11) is 0. The molecule has 1 amide bonds. The van der Waals surface area contributed by atoms with Gasteiger partial charge < -0.3 is 9.64 Å². The lowest BCUT2D eigenvalue weighted by molar-refractivity contribution is -0.274. The monoisotopic (exact) mass is 480 g/mol. The second kappa shape index (κ2) is 9.12. The van der Waals surface area contributed by atoms with Gasteiger partial charge in [-0.15, -0.1) is 19.6 Å². The first-order chi connectivity index (χ1) is 16.8. The highest BCUT2D eigenvalue weighted by Crippen LogP contribution is 2.32. The predicted octanol–water partition coefficient (Wildman–Crippen LogP) is 3.74. The standard InChI is InChI=1S/C26H23F3N4O2/c1-2-18-4-3-5-20(14-18)15-31-12-10-23-22(17-31)24(34)33(25-30-11-13-32(23)25)16-19-6-8-21(9-7-19)35-26(27,28)29/h1,3-9,14H,10-13,15-17H2.